The number of nitrogens with zero attached hydrogens (tertiary/aromatic N) is 2. The van der Waals surface area contributed by atoms with Crippen molar-refractivity contribution in [2.24, 2.45) is 5.41 Å². The Balaban J connectivity index is 1.53. The quantitative estimate of drug-likeness (QED) is 0.569. The summed E-state index contributed by atoms with van der Waals surface area (Å²) in [7, 11) is 0. The van der Waals surface area contributed by atoms with Gasteiger partial charge in [-0.25, -0.2) is 4.68 Å². The summed E-state index contributed by atoms with van der Waals surface area (Å²) in [6, 6.07) is 16.9. The van der Waals surface area contributed by atoms with Gasteiger partial charge in [0.1, 0.15) is 5.60 Å². The molecule has 32 heavy (non-hydrogen) atoms. The number of hydrogen-bond acceptors (Lipinski definition) is 3. The molecule has 4 heteroatoms. The molecule has 0 fully saturated rings. The van der Waals surface area contributed by atoms with Crippen LogP contribution < -0.4 is 5.32 Å². The first kappa shape index (κ1) is 22.3. The Bertz CT molecular complexity index is 1150. The van der Waals surface area contributed by atoms with Crippen LogP contribution in [0.3, 0.4) is 0 Å². The third-order valence-electron chi connectivity index (χ3n) is 6.04. The van der Waals surface area contributed by atoms with Crippen LogP contribution in [0.25, 0.3) is 5.69 Å². The number of rotatable bonds is 4. The molecule has 1 aliphatic rings. The highest BCUT2D eigenvalue weighted by Gasteiger charge is 2.35. The zero-order valence-corrected chi connectivity index (χ0v) is 19.7. The molecule has 0 aliphatic heterocycles. The van der Waals surface area contributed by atoms with Gasteiger partial charge in [-0.3, -0.25) is 0 Å². The Morgan fingerprint density at radius 3 is 2.56 bits per heavy atom. The van der Waals surface area contributed by atoms with E-state index >= 15 is 0 Å². The van der Waals surface area contributed by atoms with E-state index in [9.17, 15) is 5.11 Å². The second-order valence-electron chi connectivity index (χ2n) is 10.2. The molecule has 2 N–H and O–H groups in total. The molecular formula is C28H33N3O. The van der Waals surface area contributed by atoms with Gasteiger partial charge in [-0.2, -0.15) is 5.10 Å². The SMILES string of the molecule is Cc1ccccc1-n1ncc2c1CC(C)(C)C[C@H]2NCc1ccc(C#CC(C)(C)O)cc1. The minimum absolute atomic E-state index is 0.196. The van der Waals surface area contributed by atoms with Crippen LogP contribution >= 0.6 is 0 Å². The Kier molecular flexibility index (Phi) is 5.99. The molecule has 1 aromatic heterocycles. The summed E-state index contributed by atoms with van der Waals surface area (Å²) in [5, 5.41) is 18.4. The van der Waals surface area contributed by atoms with Crippen molar-refractivity contribution in [2.75, 3.05) is 0 Å². The van der Waals surface area contributed by atoms with Crippen LogP contribution in [0, 0.1) is 24.2 Å². The lowest BCUT2D eigenvalue weighted by Crippen LogP contribution is -2.33. The van der Waals surface area contributed by atoms with Crippen LogP contribution in [0.2, 0.25) is 0 Å². The first-order valence-electron chi connectivity index (χ1n) is 11.3. The number of aliphatic hydroxyl groups is 1. The van der Waals surface area contributed by atoms with E-state index in [1.165, 1.54) is 22.4 Å². The summed E-state index contributed by atoms with van der Waals surface area (Å²) in [5.74, 6) is 5.89. The predicted molar refractivity (Wildman–Crippen MR) is 130 cm³/mol. The van der Waals surface area contributed by atoms with Crippen LogP contribution in [0.1, 0.15) is 68.1 Å². The van der Waals surface area contributed by atoms with Crippen molar-refractivity contribution in [3.63, 3.8) is 0 Å². The topological polar surface area (TPSA) is 50.1 Å². The standard InChI is InChI=1S/C28H33N3O/c1-20-8-6-7-9-25(20)31-26-17-27(2,3)16-24(23(26)19-30-31)29-18-22-12-10-21(11-13-22)14-15-28(4,5)32/h6-13,19,24,29,32H,16-18H2,1-5H3/t24-/m1/s1. The van der Waals surface area contributed by atoms with Gasteiger partial charge < -0.3 is 10.4 Å². The van der Waals surface area contributed by atoms with Crippen LogP contribution in [-0.4, -0.2) is 20.5 Å². The third-order valence-corrected chi connectivity index (χ3v) is 6.04. The molecule has 3 aromatic rings. The molecule has 0 radical (unpaired) electrons. The first-order chi connectivity index (χ1) is 15.1. The monoisotopic (exact) mass is 427 g/mol. The summed E-state index contributed by atoms with van der Waals surface area (Å²) >= 11 is 0. The highest BCUT2D eigenvalue weighted by atomic mass is 16.3. The maximum atomic E-state index is 9.78. The van der Waals surface area contributed by atoms with Crippen LogP contribution in [0.4, 0.5) is 0 Å². The third kappa shape index (κ3) is 5.12. The van der Waals surface area contributed by atoms with Gasteiger partial charge in [0.25, 0.3) is 0 Å². The largest absolute Gasteiger partial charge is 0.378 e. The molecule has 4 nitrogen and oxygen atoms in total. The van der Waals surface area contributed by atoms with E-state index in [0.29, 0.717) is 0 Å². The van der Waals surface area contributed by atoms with Crippen molar-refractivity contribution >= 4 is 0 Å². The average Bonchev–Trinajstić information content (AvgIpc) is 3.13. The molecule has 1 atom stereocenters. The smallest absolute Gasteiger partial charge is 0.120 e. The second kappa shape index (κ2) is 8.58. The second-order valence-corrected chi connectivity index (χ2v) is 10.2. The van der Waals surface area contributed by atoms with E-state index < -0.39 is 5.60 Å². The van der Waals surface area contributed by atoms with Crippen LogP contribution in [-0.2, 0) is 13.0 Å². The molecule has 4 rings (SSSR count). The van der Waals surface area contributed by atoms with Gasteiger partial charge in [0, 0.05) is 29.4 Å². The number of aromatic nitrogens is 2. The van der Waals surface area contributed by atoms with Gasteiger partial charge in [0.15, 0.2) is 0 Å². The zero-order valence-electron chi connectivity index (χ0n) is 19.7. The summed E-state index contributed by atoms with van der Waals surface area (Å²) in [6.45, 7) is 11.0. The lowest BCUT2D eigenvalue weighted by molar-refractivity contribution is 0.143. The number of aryl methyl sites for hydroxylation is 1. The van der Waals surface area contributed by atoms with E-state index in [1.807, 2.05) is 18.3 Å². The van der Waals surface area contributed by atoms with Crippen molar-refractivity contribution in [3.8, 4) is 17.5 Å². The molecule has 0 saturated carbocycles. The van der Waals surface area contributed by atoms with Crippen LogP contribution in [0.15, 0.2) is 54.7 Å². The van der Waals surface area contributed by atoms with Gasteiger partial charge in [0.2, 0.25) is 0 Å². The molecule has 0 spiro atoms. The van der Waals surface area contributed by atoms with Gasteiger partial charge in [-0.05, 0) is 68.4 Å². The van der Waals surface area contributed by atoms with E-state index in [1.54, 1.807) is 13.8 Å². The van der Waals surface area contributed by atoms with Crippen LogP contribution in [0.5, 0.6) is 0 Å². The maximum Gasteiger partial charge on any atom is 0.120 e. The van der Waals surface area contributed by atoms with Crippen molar-refractivity contribution < 1.29 is 5.11 Å². The zero-order chi connectivity index (χ0) is 22.9. The molecule has 1 heterocycles. The average molecular weight is 428 g/mol. The maximum absolute atomic E-state index is 9.78. The fraction of sp³-hybridized carbons (Fsp3) is 0.393. The van der Waals surface area contributed by atoms with Crippen molar-refractivity contribution in [1.29, 1.82) is 0 Å². The van der Waals surface area contributed by atoms with E-state index in [-0.39, 0.29) is 11.5 Å². The van der Waals surface area contributed by atoms with E-state index in [4.69, 9.17) is 5.10 Å². The highest BCUT2D eigenvalue weighted by Crippen LogP contribution is 2.41. The minimum Gasteiger partial charge on any atom is -0.378 e. The molecule has 0 saturated heterocycles. The summed E-state index contributed by atoms with van der Waals surface area (Å²) in [5.41, 5.74) is 6.36. The highest BCUT2D eigenvalue weighted by molar-refractivity contribution is 5.43. The van der Waals surface area contributed by atoms with E-state index in [2.05, 4.69) is 79.0 Å². The van der Waals surface area contributed by atoms with E-state index in [0.717, 1.165) is 30.6 Å². The predicted octanol–water partition coefficient (Wildman–Crippen LogP) is 5.11. The number of fused-ring (bicyclic) bond motifs is 1. The number of nitrogens with one attached hydrogen (secondary N) is 1. The molecule has 0 unspecified atom stereocenters. The Morgan fingerprint density at radius 1 is 1.16 bits per heavy atom. The first-order valence-corrected chi connectivity index (χ1v) is 11.3. The molecule has 2 aromatic carbocycles. The minimum atomic E-state index is -0.978. The normalized spacial score (nSPS) is 17.4. The Morgan fingerprint density at radius 2 is 1.88 bits per heavy atom. The summed E-state index contributed by atoms with van der Waals surface area (Å²) in [4.78, 5) is 0. The molecule has 166 valence electrons. The lowest BCUT2D eigenvalue weighted by atomic mass is 9.74. The van der Waals surface area contributed by atoms with Crippen molar-refractivity contribution in [2.45, 2.75) is 65.6 Å². The lowest BCUT2D eigenvalue weighted by Gasteiger charge is -2.36. The Hall–Kier alpha value is -2.87. The van der Waals surface area contributed by atoms with Gasteiger partial charge in [-0.1, -0.05) is 56.0 Å². The molecular weight excluding hydrogens is 394 g/mol. The van der Waals surface area contributed by atoms with Gasteiger partial charge in [0.05, 0.1) is 11.9 Å². The van der Waals surface area contributed by atoms with Gasteiger partial charge in [-0.15, -0.1) is 0 Å². The molecule has 0 amide bonds. The summed E-state index contributed by atoms with van der Waals surface area (Å²) in [6.07, 6.45) is 4.14. The fourth-order valence-corrected chi connectivity index (χ4v) is 4.41. The number of hydrogen-bond donors (Lipinski definition) is 2. The summed E-state index contributed by atoms with van der Waals surface area (Å²) < 4.78 is 2.14. The molecule has 0 bridgehead atoms. The fourth-order valence-electron chi connectivity index (χ4n) is 4.41. The van der Waals surface area contributed by atoms with Gasteiger partial charge >= 0.3 is 0 Å². The number of benzene rings is 2. The Labute approximate surface area is 191 Å². The molecule has 1 aliphatic carbocycles. The van der Waals surface area contributed by atoms with Crippen molar-refractivity contribution in [3.05, 3.63) is 82.7 Å². The van der Waals surface area contributed by atoms with Crippen molar-refractivity contribution in [1.82, 2.24) is 15.1 Å². The number of para-hydroxylation sites is 1.